The highest BCUT2D eigenvalue weighted by Crippen LogP contribution is 2.26. The van der Waals surface area contributed by atoms with Gasteiger partial charge in [-0.25, -0.2) is 9.37 Å². The average molecular weight is 422 g/mol. The van der Waals surface area contributed by atoms with Gasteiger partial charge in [0.1, 0.15) is 17.3 Å². The van der Waals surface area contributed by atoms with E-state index in [-0.39, 0.29) is 18.3 Å². The Kier molecular flexibility index (Phi) is 5.33. The van der Waals surface area contributed by atoms with E-state index in [1.807, 2.05) is 35.9 Å². The van der Waals surface area contributed by atoms with Crippen molar-refractivity contribution in [2.24, 2.45) is 0 Å². The van der Waals surface area contributed by atoms with Gasteiger partial charge in [0.2, 0.25) is 0 Å². The van der Waals surface area contributed by atoms with Gasteiger partial charge in [0.15, 0.2) is 5.11 Å². The van der Waals surface area contributed by atoms with E-state index in [2.05, 4.69) is 10.3 Å². The Labute approximate surface area is 178 Å². The molecule has 6 nitrogen and oxygen atoms in total. The molecule has 1 aliphatic heterocycles. The SMILES string of the molecule is COc1cc(C=C2NC(=S)N(Cc3ccc(F)cc3)C2=O)ccc1-n1cnc(C)c1. The van der Waals surface area contributed by atoms with Crippen molar-refractivity contribution >= 4 is 29.3 Å². The second kappa shape index (κ2) is 8.08. The molecule has 1 saturated heterocycles. The van der Waals surface area contributed by atoms with Crippen molar-refractivity contribution in [1.29, 1.82) is 0 Å². The number of amides is 1. The van der Waals surface area contributed by atoms with Crippen LogP contribution < -0.4 is 10.1 Å². The zero-order valence-corrected chi connectivity index (χ0v) is 17.2. The predicted molar refractivity (Wildman–Crippen MR) is 116 cm³/mol. The van der Waals surface area contributed by atoms with E-state index < -0.39 is 0 Å². The lowest BCUT2D eigenvalue weighted by molar-refractivity contribution is -0.122. The molecule has 30 heavy (non-hydrogen) atoms. The van der Waals surface area contributed by atoms with Crippen LogP contribution in [0.2, 0.25) is 0 Å². The Balaban J connectivity index is 1.58. The molecule has 0 bridgehead atoms. The van der Waals surface area contributed by atoms with Crippen LogP contribution in [-0.2, 0) is 11.3 Å². The number of methoxy groups -OCH3 is 1. The van der Waals surface area contributed by atoms with E-state index in [9.17, 15) is 9.18 Å². The highest BCUT2D eigenvalue weighted by molar-refractivity contribution is 7.80. The Morgan fingerprint density at radius 3 is 2.67 bits per heavy atom. The lowest BCUT2D eigenvalue weighted by atomic mass is 10.1. The molecule has 0 atom stereocenters. The van der Waals surface area contributed by atoms with Crippen molar-refractivity contribution < 1.29 is 13.9 Å². The first kappa shape index (κ1) is 19.8. The van der Waals surface area contributed by atoms with Gasteiger partial charge in [-0.3, -0.25) is 9.69 Å². The normalized spacial score (nSPS) is 15.0. The summed E-state index contributed by atoms with van der Waals surface area (Å²) in [6, 6.07) is 11.6. The van der Waals surface area contributed by atoms with E-state index in [1.165, 1.54) is 17.0 Å². The first-order chi connectivity index (χ1) is 14.4. The Hall–Kier alpha value is -3.52. The first-order valence-electron chi connectivity index (χ1n) is 9.22. The maximum absolute atomic E-state index is 13.1. The molecule has 1 fully saturated rings. The van der Waals surface area contributed by atoms with Crippen molar-refractivity contribution in [3.8, 4) is 11.4 Å². The van der Waals surface area contributed by atoms with E-state index >= 15 is 0 Å². The fraction of sp³-hybridized carbons (Fsp3) is 0.136. The molecular weight excluding hydrogens is 403 g/mol. The van der Waals surface area contributed by atoms with E-state index in [4.69, 9.17) is 17.0 Å². The van der Waals surface area contributed by atoms with Crippen LogP contribution in [0.3, 0.4) is 0 Å². The summed E-state index contributed by atoms with van der Waals surface area (Å²) in [5.41, 5.74) is 3.69. The lowest BCUT2D eigenvalue weighted by Crippen LogP contribution is -2.30. The van der Waals surface area contributed by atoms with Crippen LogP contribution in [0, 0.1) is 12.7 Å². The van der Waals surface area contributed by atoms with Crippen molar-refractivity contribution in [3.05, 3.63) is 83.3 Å². The number of hydrogen-bond acceptors (Lipinski definition) is 4. The van der Waals surface area contributed by atoms with Gasteiger partial charge in [-0.15, -0.1) is 0 Å². The van der Waals surface area contributed by atoms with E-state index in [0.29, 0.717) is 16.6 Å². The number of benzene rings is 2. The highest BCUT2D eigenvalue weighted by atomic mass is 32.1. The average Bonchev–Trinajstić information content (AvgIpc) is 3.28. The summed E-state index contributed by atoms with van der Waals surface area (Å²) in [5.74, 6) is 0.0894. The van der Waals surface area contributed by atoms with Gasteiger partial charge >= 0.3 is 0 Å². The molecule has 8 heteroatoms. The van der Waals surface area contributed by atoms with E-state index in [1.54, 1.807) is 31.6 Å². The number of hydrogen-bond donors (Lipinski definition) is 1. The second-order valence-electron chi connectivity index (χ2n) is 6.86. The minimum atomic E-state index is -0.323. The number of nitrogens with one attached hydrogen (secondary N) is 1. The molecule has 0 radical (unpaired) electrons. The number of carbonyl (C=O) groups is 1. The van der Waals surface area contributed by atoms with Gasteiger partial charge in [-0.05, 0) is 60.6 Å². The first-order valence-corrected chi connectivity index (χ1v) is 9.63. The topological polar surface area (TPSA) is 59.4 Å². The summed E-state index contributed by atoms with van der Waals surface area (Å²) in [4.78, 5) is 18.5. The number of nitrogens with zero attached hydrogens (tertiary/aromatic N) is 3. The summed E-state index contributed by atoms with van der Waals surface area (Å²) in [5, 5.41) is 3.27. The van der Waals surface area contributed by atoms with Crippen molar-refractivity contribution in [2.75, 3.05) is 7.11 Å². The number of aromatic nitrogens is 2. The Morgan fingerprint density at radius 2 is 2.00 bits per heavy atom. The molecule has 1 aliphatic rings. The fourth-order valence-electron chi connectivity index (χ4n) is 3.20. The molecule has 4 rings (SSSR count). The van der Waals surface area contributed by atoms with Crippen molar-refractivity contribution in [2.45, 2.75) is 13.5 Å². The van der Waals surface area contributed by atoms with Crippen LogP contribution >= 0.6 is 12.2 Å². The van der Waals surface area contributed by atoms with Crippen molar-refractivity contribution in [3.63, 3.8) is 0 Å². The zero-order valence-electron chi connectivity index (χ0n) is 16.4. The van der Waals surface area contributed by atoms with Gasteiger partial charge < -0.3 is 14.6 Å². The van der Waals surface area contributed by atoms with E-state index in [0.717, 1.165) is 22.5 Å². The minimum absolute atomic E-state index is 0.238. The number of rotatable bonds is 5. The quantitative estimate of drug-likeness (QED) is 0.503. The highest BCUT2D eigenvalue weighted by Gasteiger charge is 2.30. The number of imidazole rings is 1. The van der Waals surface area contributed by atoms with Crippen LogP contribution in [0.25, 0.3) is 11.8 Å². The second-order valence-corrected chi connectivity index (χ2v) is 7.25. The molecular formula is C22H19FN4O2S. The zero-order chi connectivity index (χ0) is 21.3. The molecule has 1 aromatic heterocycles. The van der Waals surface area contributed by atoms with Crippen LogP contribution in [0.4, 0.5) is 4.39 Å². The molecule has 0 aliphatic carbocycles. The van der Waals surface area contributed by atoms with Gasteiger partial charge in [0.25, 0.3) is 5.91 Å². The van der Waals surface area contributed by atoms with Gasteiger partial charge in [0.05, 0.1) is 31.4 Å². The maximum atomic E-state index is 13.1. The molecule has 152 valence electrons. The molecule has 0 saturated carbocycles. The lowest BCUT2D eigenvalue weighted by Gasteiger charge is -2.13. The fourth-order valence-corrected chi connectivity index (χ4v) is 3.46. The smallest absolute Gasteiger partial charge is 0.276 e. The third-order valence-electron chi connectivity index (χ3n) is 4.72. The number of carbonyl (C=O) groups excluding carboxylic acids is 1. The van der Waals surface area contributed by atoms with Gasteiger partial charge in [-0.1, -0.05) is 18.2 Å². The Bertz CT molecular complexity index is 1150. The van der Waals surface area contributed by atoms with Gasteiger partial charge in [0, 0.05) is 6.20 Å². The third kappa shape index (κ3) is 3.95. The summed E-state index contributed by atoms with van der Waals surface area (Å²) in [6.45, 7) is 2.18. The number of halogens is 1. The summed E-state index contributed by atoms with van der Waals surface area (Å²) < 4.78 is 20.5. The van der Waals surface area contributed by atoms with Crippen LogP contribution in [0.5, 0.6) is 5.75 Å². The molecule has 3 aromatic rings. The van der Waals surface area contributed by atoms with Gasteiger partial charge in [-0.2, -0.15) is 0 Å². The minimum Gasteiger partial charge on any atom is -0.495 e. The number of thiocarbonyl (C=S) groups is 1. The summed E-state index contributed by atoms with van der Waals surface area (Å²) in [6.07, 6.45) is 5.35. The Morgan fingerprint density at radius 1 is 1.23 bits per heavy atom. The summed E-state index contributed by atoms with van der Waals surface area (Å²) >= 11 is 5.32. The molecule has 2 heterocycles. The van der Waals surface area contributed by atoms with Crippen LogP contribution in [-0.4, -0.2) is 32.6 Å². The largest absolute Gasteiger partial charge is 0.495 e. The monoisotopic (exact) mass is 422 g/mol. The summed E-state index contributed by atoms with van der Waals surface area (Å²) in [7, 11) is 1.60. The molecule has 2 aromatic carbocycles. The number of ether oxygens (including phenoxy) is 1. The van der Waals surface area contributed by atoms with Crippen molar-refractivity contribution in [1.82, 2.24) is 19.8 Å². The molecule has 1 amide bonds. The predicted octanol–water partition coefficient (Wildman–Crippen LogP) is 3.59. The maximum Gasteiger partial charge on any atom is 0.276 e. The number of aryl methyl sites for hydroxylation is 1. The molecule has 0 unspecified atom stereocenters. The van der Waals surface area contributed by atoms with Crippen LogP contribution in [0.1, 0.15) is 16.8 Å². The third-order valence-corrected chi connectivity index (χ3v) is 5.04. The standard InChI is InChI=1S/C22H19FN4O2S/c1-14-11-26(13-24-14)19-8-5-16(10-20(19)29-2)9-18-21(28)27(22(30)25-18)12-15-3-6-17(23)7-4-15/h3-11,13H,12H2,1-2H3,(H,25,30). The molecule has 0 spiro atoms. The molecule has 1 N–H and O–H groups in total. The van der Waals surface area contributed by atoms with Crippen LogP contribution in [0.15, 0.2) is 60.7 Å².